The van der Waals surface area contributed by atoms with E-state index in [4.69, 9.17) is 0 Å². The standard InChI is InChI=1S/C24H26N2O3S/c1-25(2)30(28,29)23-15-13-22(14-16-23)24(27)26(19-21-11-7-4-8-12-21)18-17-20-9-5-3-6-10-20/h3-16H,17-19H2,1-2H3. The van der Waals surface area contributed by atoms with Crippen LogP contribution in [0.4, 0.5) is 0 Å². The smallest absolute Gasteiger partial charge is 0.254 e. The Kier molecular flexibility index (Phi) is 7.03. The van der Waals surface area contributed by atoms with Crippen molar-refractivity contribution in [3.05, 3.63) is 102 Å². The number of benzene rings is 3. The quantitative estimate of drug-likeness (QED) is 0.554. The first kappa shape index (κ1) is 21.7. The highest BCUT2D eigenvalue weighted by molar-refractivity contribution is 7.89. The number of amides is 1. The highest BCUT2D eigenvalue weighted by atomic mass is 32.2. The minimum Gasteiger partial charge on any atom is -0.334 e. The van der Waals surface area contributed by atoms with Crippen molar-refractivity contribution in [2.45, 2.75) is 17.9 Å². The van der Waals surface area contributed by atoms with Crippen LogP contribution < -0.4 is 0 Å². The average Bonchev–Trinajstić information content (AvgIpc) is 2.77. The lowest BCUT2D eigenvalue weighted by Gasteiger charge is -2.23. The fourth-order valence-corrected chi connectivity index (χ4v) is 4.03. The van der Waals surface area contributed by atoms with Crippen molar-refractivity contribution in [3.63, 3.8) is 0 Å². The zero-order chi connectivity index (χ0) is 21.6. The molecule has 0 saturated heterocycles. The third-order valence-corrected chi connectivity index (χ3v) is 6.73. The lowest BCUT2D eigenvalue weighted by Crippen LogP contribution is -2.32. The Bertz CT molecular complexity index is 1060. The van der Waals surface area contributed by atoms with Crippen LogP contribution in [0.2, 0.25) is 0 Å². The van der Waals surface area contributed by atoms with Crippen LogP contribution in [-0.2, 0) is 23.0 Å². The van der Waals surface area contributed by atoms with Gasteiger partial charge < -0.3 is 4.90 Å². The first-order valence-electron chi connectivity index (χ1n) is 9.77. The first-order valence-corrected chi connectivity index (χ1v) is 11.2. The Labute approximate surface area is 178 Å². The molecular weight excluding hydrogens is 396 g/mol. The number of hydrogen-bond acceptors (Lipinski definition) is 3. The van der Waals surface area contributed by atoms with E-state index in [1.54, 1.807) is 17.0 Å². The van der Waals surface area contributed by atoms with Gasteiger partial charge in [0.05, 0.1) is 4.90 Å². The number of rotatable bonds is 8. The van der Waals surface area contributed by atoms with Crippen LogP contribution in [0.5, 0.6) is 0 Å². The zero-order valence-electron chi connectivity index (χ0n) is 17.2. The van der Waals surface area contributed by atoms with E-state index in [0.717, 1.165) is 21.9 Å². The number of carbonyl (C=O) groups is 1. The van der Waals surface area contributed by atoms with Crippen molar-refractivity contribution >= 4 is 15.9 Å². The third kappa shape index (κ3) is 5.34. The van der Waals surface area contributed by atoms with Gasteiger partial charge in [0, 0.05) is 32.7 Å². The summed E-state index contributed by atoms with van der Waals surface area (Å²) in [4.78, 5) is 15.2. The molecule has 0 aromatic heterocycles. The van der Waals surface area contributed by atoms with Gasteiger partial charge in [-0.25, -0.2) is 12.7 Å². The molecule has 0 unspecified atom stereocenters. The van der Waals surface area contributed by atoms with Gasteiger partial charge in [0.25, 0.3) is 5.91 Å². The molecular formula is C24H26N2O3S. The number of carbonyl (C=O) groups excluding carboxylic acids is 1. The lowest BCUT2D eigenvalue weighted by atomic mass is 10.1. The molecule has 0 heterocycles. The summed E-state index contributed by atoms with van der Waals surface area (Å²) in [6.07, 6.45) is 0.743. The van der Waals surface area contributed by atoms with Gasteiger partial charge in [-0.3, -0.25) is 4.79 Å². The Morgan fingerprint density at radius 3 is 1.83 bits per heavy atom. The third-order valence-electron chi connectivity index (χ3n) is 4.90. The highest BCUT2D eigenvalue weighted by Gasteiger charge is 2.20. The molecule has 0 aliphatic carbocycles. The van der Waals surface area contributed by atoms with Crippen LogP contribution in [0.1, 0.15) is 21.5 Å². The maximum Gasteiger partial charge on any atom is 0.254 e. The summed E-state index contributed by atoms with van der Waals surface area (Å²) in [6, 6.07) is 26.0. The SMILES string of the molecule is CN(C)S(=O)(=O)c1ccc(C(=O)N(CCc2ccccc2)Cc2ccccc2)cc1. The predicted octanol–water partition coefficient (Wildman–Crippen LogP) is 3.82. The van der Waals surface area contributed by atoms with Crippen molar-refractivity contribution in [1.82, 2.24) is 9.21 Å². The summed E-state index contributed by atoms with van der Waals surface area (Å²) in [6.45, 7) is 1.06. The molecule has 3 aromatic carbocycles. The average molecular weight is 423 g/mol. The molecule has 30 heavy (non-hydrogen) atoms. The topological polar surface area (TPSA) is 57.7 Å². The van der Waals surface area contributed by atoms with E-state index in [-0.39, 0.29) is 10.8 Å². The molecule has 0 N–H and O–H groups in total. The second-order valence-electron chi connectivity index (χ2n) is 7.26. The van der Waals surface area contributed by atoms with Crippen LogP contribution in [0.3, 0.4) is 0 Å². The van der Waals surface area contributed by atoms with Crippen molar-refractivity contribution in [1.29, 1.82) is 0 Å². The lowest BCUT2D eigenvalue weighted by molar-refractivity contribution is 0.0745. The number of nitrogens with zero attached hydrogens (tertiary/aromatic N) is 2. The van der Waals surface area contributed by atoms with Crippen LogP contribution >= 0.6 is 0 Å². The summed E-state index contributed by atoms with van der Waals surface area (Å²) in [5, 5.41) is 0. The Hall–Kier alpha value is -2.96. The van der Waals surface area contributed by atoms with Gasteiger partial charge in [-0.15, -0.1) is 0 Å². The first-order chi connectivity index (χ1) is 14.4. The van der Waals surface area contributed by atoms with E-state index in [9.17, 15) is 13.2 Å². The molecule has 3 aromatic rings. The molecule has 0 aliphatic heterocycles. The Morgan fingerprint density at radius 1 is 0.767 bits per heavy atom. The van der Waals surface area contributed by atoms with Gasteiger partial charge in [0.2, 0.25) is 10.0 Å². The van der Waals surface area contributed by atoms with Gasteiger partial charge in [-0.05, 0) is 41.8 Å². The molecule has 0 saturated carbocycles. The number of sulfonamides is 1. The molecule has 3 rings (SSSR count). The predicted molar refractivity (Wildman–Crippen MR) is 119 cm³/mol. The van der Waals surface area contributed by atoms with E-state index < -0.39 is 10.0 Å². The Balaban J connectivity index is 1.81. The molecule has 0 atom stereocenters. The van der Waals surface area contributed by atoms with Crippen molar-refractivity contribution in [3.8, 4) is 0 Å². The second kappa shape index (κ2) is 9.69. The molecule has 0 bridgehead atoms. The fourth-order valence-electron chi connectivity index (χ4n) is 3.13. The van der Waals surface area contributed by atoms with E-state index in [2.05, 4.69) is 0 Å². The normalized spacial score (nSPS) is 11.4. The maximum atomic E-state index is 13.2. The monoisotopic (exact) mass is 422 g/mol. The molecule has 5 nitrogen and oxygen atoms in total. The van der Waals surface area contributed by atoms with Crippen molar-refractivity contribution in [2.24, 2.45) is 0 Å². The molecule has 156 valence electrons. The summed E-state index contributed by atoms with van der Waals surface area (Å²) < 4.78 is 25.7. The van der Waals surface area contributed by atoms with Gasteiger partial charge in [0.1, 0.15) is 0 Å². The van der Waals surface area contributed by atoms with Crippen LogP contribution in [0, 0.1) is 0 Å². The molecule has 6 heteroatoms. The summed E-state index contributed by atoms with van der Waals surface area (Å²) in [7, 11) is -0.555. The van der Waals surface area contributed by atoms with Gasteiger partial charge in [-0.2, -0.15) is 0 Å². The van der Waals surface area contributed by atoms with E-state index in [0.29, 0.717) is 18.7 Å². The fraction of sp³-hybridized carbons (Fsp3) is 0.208. The van der Waals surface area contributed by atoms with Crippen LogP contribution in [0.15, 0.2) is 89.8 Å². The van der Waals surface area contributed by atoms with E-state index in [1.807, 2.05) is 60.7 Å². The van der Waals surface area contributed by atoms with Crippen molar-refractivity contribution < 1.29 is 13.2 Å². The van der Waals surface area contributed by atoms with E-state index in [1.165, 1.54) is 26.2 Å². The maximum absolute atomic E-state index is 13.2. The van der Waals surface area contributed by atoms with Gasteiger partial charge >= 0.3 is 0 Å². The minimum absolute atomic E-state index is 0.122. The van der Waals surface area contributed by atoms with Gasteiger partial charge in [0.15, 0.2) is 0 Å². The van der Waals surface area contributed by atoms with Crippen LogP contribution in [0.25, 0.3) is 0 Å². The summed E-state index contributed by atoms with van der Waals surface area (Å²) in [5.41, 5.74) is 2.68. The molecule has 0 aliphatic rings. The Morgan fingerprint density at radius 2 is 1.30 bits per heavy atom. The van der Waals surface area contributed by atoms with E-state index >= 15 is 0 Å². The molecule has 0 radical (unpaired) electrons. The minimum atomic E-state index is -3.53. The summed E-state index contributed by atoms with van der Waals surface area (Å²) >= 11 is 0. The molecule has 0 fully saturated rings. The van der Waals surface area contributed by atoms with Gasteiger partial charge in [-0.1, -0.05) is 60.7 Å². The largest absolute Gasteiger partial charge is 0.334 e. The second-order valence-corrected chi connectivity index (χ2v) is 9.41. The molecule has 0 spiro atoms. The molecule has 1 amide bonds. The zero-order valence-corrected chi connectivity index (χ0v) is 18.0. The highest BCUT2D eigenvalue weighted by Crippen LogP contribution is 2.17. The van der Waals surface area contributed by atoms with Crippen molar-refractivity contribution in [2.75, 3.05) is 20.6 Å². The number of hydrogen-bond donors (Lipinski definition) is 0. The van der Waals surface area contributed by atoms with Crippen LogP contribution in [-0.4, -0.2) is 44.2 Å². The summed E-state index contributed by atoms with van der Waals surface area (Å²) in [5.74, 6) is -0.122.